The molecule has 0 aliphatic rings. The number of nitrogens with zero attached hydrogens (tertiary/aromatic N) is 3. The van der Waals surface area contributed by atoms with Crippen molar-refractivity contribution in [1.29, 1.82) is 0 Å². The first kappa shape index (κ1) is 11.7. The Morgan fingerprint density at radius 3 is 2.89 bits per heavy atom. The van der Waals surface area contributed by atoms with Crippen LogP contribution in [0.5, 0.6) is 0 Å². The molecule has 3 rings (SSSR count). The molecule has 18 heavy (non-hydrogen) atoms. The SMILES string of the molecule is Clc1nc(Nc2ccccc2I)c2[nH]cnc2n1. The Morgan fingerprint density at radius 1 is 1.22 bits per heavy atom. The quantitative estimate of drug-likeness (QED) is 0.535. The molecule has 0 saturated carbocycles. The Labute approximate surface area is 121 Å². The van der Waals surface area contributed by atoms with E-state index in [1.165, 1.54) is 0 Å². The van der Waals surface area contributed by atoms with Crippen molar-refractivity contribution < 1.29 is 0 Å². The van der Waals surface area contributed by atoms with Gasteiger partial charge in [0.15, 0.2) is 11.5 Å². The molecule has 2 N–H and O–H groups in total. The number of hydrogen-bond acceptors (Lipinski definition) is 4. The number of anilines is 2. The zero-order valence-corrected chi connectivity index (χ0v) is 11.9. The molecule has 0 saturated heterocycles. The Morgan fingerprint density at radius 2 is 2.06 bits per heavy atom. The average molecular weight is 372 g/mol. The van der Waals surface area contributed by atoms with Gasteiger partial charge in [0.25, 0.3) is 0 Å². The summed E-state index contributed by atoms with van der Waals surface area (Å²) in [6.45, 7) is 0. The van der Waals surface area contributed by atoms with E-state index in [0.29, 0.717) is 11.5 Å². The number of H-pyrrole nitrogens is 1. The normalized spacial score (nSPS) is 10.8. The standard InChI is InChI=1S/C11H7ClIN5/c12-11-17-9-8(14-5-15-9)10(18-11)16-7-4-2-1-3-6(7)13/h1-5H,(H2,14,15,16,17,18). The van der Waals surface area contributed by atoms with E-state index in [4.69, 9.17) is 11.6 Å². The monoisotopic (exact) mass is 371 g/mol. The summed E-state index contributed by atoms with van der Waals surface area (Å²) in [4.78, 5) is 15.3. The van der Waals surface area contributed by atoms with Crippen LogP contribution in [-0.2, 0) is 0 Å². The first-order chi connectivity index (χ1) is 8.74. The molecule has 0 unspecified atom stereocenters. The van der Waals surface area contributed by atoms with Crippen molar-refractivity contribution in [3.63, 3.8) is 0 Å². The van der Waals surface area contributed by atoms with Crippen molar-refractivity contribution >= 4 is 56.9 Å². The van der Waals surface area contributed by atoms with Crippen LogP contribution in [0.15, 0.2) is 30.6 Å². The van der Waals surface area contributed by atoms with Crippen molar-refractivity contribution in [3.05, 3.63) is 39.4 Å². The predicted molar refractivity (Wildman–Crippen MR) is 79.1 cm³/mol. The first-order valence-corrected chi connectivity index (χ1v) is 6.58. The van der Waals surface area contributed by atoms with E-state index in [-0.39, 0.29) is 5.28 Å². The smallest absolute Gasteiger partial charge is 0.226 e. The fourth-order valence-corrected chi connectivity index (χ4v) is 2.27. The van der Waals surface area contributed by atoms with Crippen LogP contribution in [0.4, 0.5) is 11.5 Å². The number of rotatable bonds is 2. The van der Waals surface area contributed by atoms with Crippen LogP contribution in [0.1, 0.15) is 0 Å². The van der Waals surface area contributed by atoms with Crippen LogP contribution >= 0.6 is 34.2 Å². The van der Waals surface area contributed by atoms with Crippen molar-refractivity contribution in [3.8, 4) is 0 Å². The maximum absolute atomic E-state index is 5.87. The van der Waals surface area contributed by atoms with Crippen LogP contribution in [-0.4, -0.2) is 19.9 Å². The van der Waals surface area contributed by atoms with Crippen LogP contribution in [0.25, 0.3) is 11.2 Å². The highest BCUT2D eigenvalue weighted by atomic mass is 127. The Kier molecular flexibility index (Phi) is 3.04. The van der Waals surface area contributed by atoms with Crippen LogP contribution < -0.4 is 5.32 Å². The lowest BCUT2D eigenvalue weighted by Gasteiger charge is -2.08. The van der Waals surface area contributed by atoms with Gasteiger partial charge in [-0.25, -0.2) is 4.98 Å². The fraction of sp³-hybridized carbons (Fsp3) is 0. The molecule has 5 nitrogen and oxygen atoms in total. The molecule has 0 amide bonds. The third-order valence-corrected chi connectivity index (χ3v) is 3.49. The van der Waals surface area contributed by atoms with Gasteiger partial charge in [-0.3, -0.25) is 0 Å². The van der Waals surface area contributed by atoms with Gasteiger partial charge >= 0.3 is 0 Å². The minimum atomic E-state index is 0.169. The minimum Gasteiger partial charge on any atom is -0.340 e. The molecule has 0 aliphatic carbocycles. The molecule has 2 heterocycles. The van der Waals surface area contributed by atoms with Crippen molar-refractivity contribution in [2.24, 2.45) is 0 Å². The summed E-state index contributed by atoms with van der Waals surface area (Å²) in [5.41, 5.74) is 2.24. The second-order valence-electron chi connectivity index (χ2n) is 3.55. The van der Waals surface area contributed by atoms with Gasteiger partial charge in [-0.1, -0.05) is 12.1 Å². The van der Waals surface area contributed by atoms with Crippen LogP contribution in [0.3, 0.4) is 0 Å². The van der Waals surface area contributed by atoms with E-state index in [1.807, 2.05) is 24.3 Å². The zero-order valence-electron chi connectivity index (χ0n) is 8.98. The molecule has 0 atom stereocenters. The fourth-order valence-electron chi connectivity index (χ4n) is 1.59. The van der Waals surface area contributed by atoms with Gasteiger partial charge in [0, 0.05) is 3.57 Å². The summed E-state index contributed by atoms with van der Waals surface area (Å²) in [5, 5.41) is 3.40. The van der Waals surface area contributed by atoms with Gasteiger partial charge in [0.1, 0.15) is 5.52 Å². The number of imidazole rings is 1. The summed E-state index contributed by atoms with van der Waals surface area (Å²) in [5.74, 6) is 0.617. The summed E-state index contributed by atoms with van der Waals surface area (Å²) in [7, 11) is 0. The van der Waals surface area contributed by atoms with Crippen LogP contribution in [0.2, 0.25) is 5.28 Å². The molecule has 0 bridgehead atoms. The number of nitrogens with one attached hydrogen (secondary N) is 2. The van der Waals surface area contributed by atoms with Gasteiger partial charge in [0.05, 0.1) is 12.0 Å². The average Bonchev–Trinajstić information content (AvgIpc) is 2.80. The number of halogens is 2. The molecule has 0 fully saturated rings. The molecular formula is C11H7ClIN5. The van der Waals surface area contributed by atoms with E-state index in [0.717, 1.165) is 14.8 Å². The number of aromatic nitrogens is 4. The van der Waals surface area contributed by atoms with Crippen LogP contribution in [0, 0.1) is 3.57 Å². The molecule has 7 heteroatoms. The molecule has 3 aromatic rings. The second kappa shape index (κ2) is 4.69. The highest BCUT2D eigenvalue weighted by Gasteiger charge is 2.09. The Balaban J connectivity index is 2.10. The summed E-state index contributed by atoms with van der Waals surface area (Å²) < 4.78 is 1.09. The van der Waals surface area contributed by atoms with Gasteiger partial charge in [-0.2, -0.15) is 9.97 Å². The lowest BCUT2D eigenvalue weighted by molar-refractivity contribution is 1.20. The highest BCUT2D eigenvalue weighted by Crippen LogP contribution is 2.25. The van der Waals surface area contributed by atoms with Crippen molar-refractivity contribution in [2.45, 2.75) is 0 Å². The molecule has 0 spiro atoms. The maximum atomic E-state index is 5.87. The van der Waals surface area contributed by atoms with Gasteiger partial charge < -0.3 is 10.3 Å². The molecular weight excluding hydrogens is 365 g/mol. The topological polar surface area (TPSA) is 66.5 Å². The van der Waals surface area contributed by atoms with Crippen molar-refractivity contribution in [1.82, 2.24) is 19.9 Å². The van der Waals surface area contributed by atoms with Crippen molar-refractivity contribution in [2.75, 3.05) is 5.32 Å². The molecule has 2 aromatic heterocycles. The second-order valence-corrected chi connectivity index (χ2v) is 5.05. The highest BCUT2D eigenvalue weighted by molar-refractivity contribution is 14.1. The minimum absolute atomic E-state index is 0.169. The van der Waals surface area contributed by atoms with E-state index < -0.39 is 0 Å². The Hall–Kier alpha value is -1.41. The number of fused-ring (bicyclic) bond motifs is 1. The van der Waals surface area contributed by atoms with E-state index in [2.05, 4.69) is 47.8 Å². The largest absolute Gasteiger partial charge is 0.340 e. The molecule has 1 aromatic carbocycles. The lowest BCUT2D eigenvalue weighted by atomic mass is 10.3. The summed E-state index contributed by atoms with van der Waals surface area (Å²) in [6.07, 6.45) is 1.57. The maximum Gasteiger partial charge on any atom is 0.226 e. The number of hydrogen-bond donors (Lipinski definition) is 2. The van der Waals surface area contributed by atoms with Gasteiger partial charge in [0.2, 0.25) is 5.28 Å². The zero-order chi connectivity index (χ0) is 12.5. The van der Waals surface area contributed by atoms with E-state index >= 15 is 0 Å². The van der Waals surface area contributed by atoms with Gasteiger partial charge in [-0.05, 0) is 46.3 Å². The Bertz CT molecular complexity index is 711. The lowest BCUT2D eigenvalue weighted by Crippen LogP contribution is -1.98. The molecule has 0 aliphatic heterocycles. The molecule has 0 radical (unpaired) electrons. The summed E-state index contributed by atoms with van der Waals surface area (Å²) in [6, 6.07) is 7.92. The predicted octanol–water partition coefficient (Wildman–Crippen LogP) is 3.35. The van der Waals surface area contributed by atoms with Gasteiger partial charge in [-0.15, -0.1) is 0 Å². The number of benzene rings is 1. The van der Waals surface area contributed by atoms with E-state index in [1.54, 1.807) is 6.33 Å². The summed E-state index contributed by atoms with van der Waals surface area (Å²) >= 11 is 8.12. The molecule has 90 valence electrons. The number of aromatic amines is 1. The van der Waals surface area contributed by atoms with E-state index in [9.17, 15) is 0 Å². The number of para-hydroxylation sites is 1. The third kappa shape index (κ3) is 2.13. The third-order valence-electron chi connectivity index (χ3n) is 2.39. The first-order valence-electron chi connectivity index (χ1n) is 5.12.